The van der Waals surface area contributed by atoms with Crippen LogP contribution in [0.3, 0.4) is 0 Å². The number of halogens is 2. The first-order chi connectivity index (χ1) is 4.61. The maximum absolute atomic E-state index is 12.4. The van der Waals surface area contributed by atoms with Crippen LogP contribution in [0.4, 0.5) is 20.2 Å². The molecule has 0 saturated carbocycles. The number of nitrogens with two attached hydrogens (primary N) is 2. The molecule has 1 aromatic carbocycles. The summed E-state index contributed by atoms with van der Waals surface area (Å²) in [5.41, 5.74) is 10.0. The second-order valence-electron chi connectivity index (χ2n) is 1.91. The lowest BCUT2D eigenvalue weighted by Crippen LogP contribution is -1.96. The number of hydrogen-bond donors (Lipinski definition) is 2. The molecule has 0 aliphatic carbocycles. The topological polar surface area (TPSA) is 52.0 Å². The summed E-state index contributed by atoms with van der Waals surface area (Å²) in [4.78, 5) is 0. The van der Waals surface area contributed by atoms with E-state index in [0.717, 1.165) is 6.07 Å². The van der Waals surface area contributed by atoms with Crippen molar-refractivity contribution >= 4 is 11.4 Å². The molecule has 10 heavy (non-hydrogen) atoms. The van der Waals surface area contributed by atoms with E-state index >= 15 is 0 Å². The summed E-state index contributed by atoms with van der Waals surface area (Å²) in [5.74, 6) is -2.06. The van der Waals surface area contributed by atoms with E-state index in [1.807, 2.05) is 0 Å². The molecule has 0 heterocycles. The highest BCUT2D eigenvalue weighted by Gasteiger charge is 2.05. The van der Waals surface area contributed by atoms with Crippen molar-refractivity contribution in [2.75, 3.05) is 11.5 Å². The Labute approximate surface area is 56.4 Å². The van der Waals surface area contributed by atoms with Crippen LogP contribution in [0.1, 0.15) is 0 Å². The predicted molar refractivity (Wildman–Crippen MR) is 35.2 cm³/mol. The number of rotatable bonds is 0. The van der Waals surface area contributed by atoms with Crippen LogP contribution in [-0.2, 0) is 0 Å². The van der Waals surface area contributed by atoms with E-state index in [-0.39, 0.29) is 11.4 Å². The van der Waals surface area contributed by atoms with Gasteiger partial charge in [-0.15, -0.1) is 0 Å². The Kier molecular flexibility index (Phi) is 1.45. The summed E-state index contributed by atoms with van der Waals surface area (Å²) in [6.07, 6.45) is 0. The van der Waals surface area contributed by atoms with E-state index in [9.17, 15) is 8.78 Å². The molecule has 0 saturated heterocycles. The van der Waals surface area contributed by atoms with Gasteiger partial charge in [-0.2, -0.15) is 0 Å². The van der Waals surface area contributed by atoms with Gasteiger partial charge in [0.1, 0.15) is 0 Å². The maximum Gasteiger partial charge on any atom is 0.181 e. The van der Waals surface area contributed by atoms with Gasteiger partial charge in [-0.25, -0.2) is 8.78 Å². The van der Waals surface area contributed by atoms with Gasteiger partial charge < -0.3 is 11.5 Å². The normalized spacial score (nSPS) is 9.80. The fraction of sp³-hybridized carbons (Fsp3) is 0. The van der Waals surface area contributed by atoms with Crippen molar-refractivity contribution in [1.82, 2.24) is 0 Å². The molecule has 54 valence electrons. The number of benzene rings is 1. The summed E-state index contributed by atoms with van der Waals surface area (Å²) >= 11 is 0. The van der Waals surface area contributed by atoms with E-state index in [1.165, 1.54) is 6.07 Å². The minimum atomic E-state index is -1.05. The minimum Gasteiger partial charge on any atom is -0.399 e. The van der Waals surface area contributed by atoms with Gasteiger partial charge in [0, 0.05) is 5.69 Å². The third kappa shape index (κ3) is 1.00. The summed E-state index contributed by atoms with van der Waals surface area (Å²) in [6, 6.07) is 2.05. The number of hydrogen-bond acceptors (Lipinski definition) is 2. The SMILES string of the molecule is Nc1cc(N)c(F)c(F)c1. The molecule has 0 aliphatic heterocycles. The predicted octanol–water partition coefficient (Wildman–Crippen LogP) is 1.13. The monoisotopic (exact) mass is 144 g/mol. The van der Waals surface area contributed by atoms with Gasteiger partial charge in [-0.3, -0.25) is 0 Å². The Morgan fingerprint density at radius 3 is 2.20 bits per heavy atom. The molecule has 0 radical (unpaired) electrons. The van der Waals surface area contributed by atoms with Crippen molar-refractivity contribution in [2.45, 2.75) is 0 Å². The van der Waals surface area contributed by atoms with E-state index in [0.29, 0.717) is 0 Å². The Morgan fingerprint density at radius 2 is 1.70 bits per heavy atom. The van der Waals surface area contributed by atoms with Crippen molar-refractivity contribution in [1.29, 1.82) is 0 Å². The second kappa shape index (κ2) is 2.13. The molecule has 4 heteroatoms. The van der Waals surface area contributed by atoms with Gasteiger partial charge in [-0.1, -0.05) is 0 Å². The lowest BCUT2D eigenvalue weighted by Gasteiger charge is -1.98. The molecule has 0 atom stereocenters. The van der Waals surface area contributed by atoms with Gasteiger partial charge in [-0.05, 0) is 12.1 Å². The second-order valence-corrected chi connectivity index (χ2v) is 1.91. The van der Waals surface area contributed by atoms with E-state index in [2.05, 4.69) is 0 Å². The Hall–Kier alpha value is -1.32. The summed E-state index contributed by atoms with van der Waals surface area (Å²) in [6.45, 7) is 0. The van der Waals surface area contributed by atoms with Gasteiger partial charge >= 0.3 is 0 Å². The molecule has 1 aromatic rings. The largest absolute Gasteiger partial charge is 0.399 e. The molecule has 2 nitrogen and oxygen atoms in total. The van der Waals surface area contributed by atoms with Crippen molar-refractivity contribution in [3.05, 3.63) is 23.8 Å². The Balaban J connectivity index is 3.31. The molecule has 1 rings (SSSR count). The van der Waals surface area contributed by atoms with Crippen LogP contribution in [0.15, 0.2) is 12.1 Å². The van der Waals surface area contributed by atoms with Crippen LogP contribution >= 0.6 is 0 Å². The zero-order valence-corrected chi connectivity index (χ0v) is 5.07. The standard InChI is InChI=1S/C6H6F2N2/c7-4-1-3(9)2-5(10)6(4)8/h1-2H,9-10H2. The fourth-order valence-corrected chi connectivity index (χ4v) is 0.632. The van der Waals surface area contributed by atoms with Gasteiger partial charge in [0.25, 0.3) is 0 Å². The summed E-state index contributed by atoms with van der Waals surface area (Å²) in [7, 11) is 0. The average Bonchev–Trinajstić information content (AvgIpc) is 1.82. The maximum atomic E-state index is 12.4. The minimum absolute atomic E-state index is 0.122. The molecule has 0 fully saturated rings. The molecular weight excluding hydrogens is 138 g/mol. The van der Waals surface area contributed by atoms with Gasteiger partial charge in [0.15, 0.2) is 11.6 Å². The highest BCUT2D eigenvalue weighted by molar-refractivity contribution is 5.52. The van der Waals surface area contributed by atoms with Crippen molar-refractivity contribution in [2.24, 2.45) is 0 Å². The van der Waals surface area contributed by atoms with Crippen LogP contribution in [0.25, 0.3) is 0 Å². The van der Waals surface area contributed by atoms with Crippen LogP contribution in [0.5, 0.6) is 0 Å². The Morgan fingerprint density at radius 1 is 1.10 bits per heavy atom. The van der Waals surface area contributed by atoms with Crippen molar-refractivity contribution in [3.63, 3.8) is 0 Å². The molecule has 0 spiro atoms. The molecular formula is C6H6F2N2. The van der Waals surface area contributed by atoms with E-state index in [1.54, 1.807) is 0 Å². The van der Waals surface area contributed by atoms with Crippen LogP contribution in [0, 0.1) is 11.6 Å². The molecule has 0 bridgehead atoms. The van der Waals surface area contributed by atoms with Crippen molar-refractivity contribution < 1.29 is 8.78 Å². The lowest BCUT2D eigenvalue weighted by atomic mass is 10.2. The molecule has 0 aromatic heterocycles. The van der Waals surface area contributed by atoms with E-state index in [4.69, 9.17) is 11.5 Å². The van der Waals surface area contributed by atoms with Crippen LogP contribution in [0.2, 0.25) is 0 Å². The third-order valence-electron chi connectivity index (χ3n) is 1.08. The molecule has 0 aliphatic rings. The quantitative estimate of drug-likeness (QED) is 0.536. The molecule has 0 unspecified atom stereocenters. The fourth-order valence-electron chi connectivity index (χ4n) is 0.632. The van der Waals surface area contributed by atoms with E-state index < -0.39 is 11.6 Å². The smallest absolute Gasteiger partial charge is 0.181 e. The number of nitrogen functional groups attached to an aromatic ring is 2. The first-order valence-corrected chi connectivity index (χ1v) is 2.61. The molecule has 4 N–H and O–H groups in total. The lowest BCUT2D eigenvalue weighted by molar-refractivity contribution is 0.512. The average molecular weight is 144 g/mol. The molecule has 0 amide bonds. The number of anilines is 2. The zero-order valence-electron chi connectivity index (χ0n) is 5.07. The third-order valence-corrected chi connectivity index (χ3v) is 1.08. The van der Waals surface area contributed by atoms with Crippen LogP contribution in [-0.4, -0.2) is 0 Å². The van der Waals surface area contributed by atoms with Gasteiger partial charge in [0.2, 0.25) is 0 Å². The van der Waals surface area contributed by atoms with Crippen LogP contribution < -0.4 is 11.5 Å². The first kappa shape index (κ1) is 6.80. The highest BCUT2D eigenvalue weighted by atomic mass is 19.2. The van der Waals surface area contributed by atoms with Gasteiger partial charge in [0.05, 0.1) is 5.69 Å². The highest BCUT2D eigenvalue weighted by Crippen LogP contribution is 2.17. The Bertz CT molecular complexity index is 237. The van der Waals surface area contributed by atoms with Crippen molar-refractivity contribution in [3.8, 4) is 0 Å². The summed E-state index contributed by atoms with van der Waals surface area (Å²) in [5, 5.41) is 0. The zero-order chi connectivity index (χ0) is 7.72. The first-order valence-electron chi connectivity index (χ1n) is 2.61. The summed E-state index contributed by atoms with van der Waals surface area (Å²) < 4.78 is 24.7.